The number of rotatable bonds is 8. The molecular formula is C24H33N3O3. The molecule has 0 bridgehead atoms. The Hall–Kier alpha value is -2.73. The fraction of sp³-hybridized carbons (Fsp3) is 0.458. The molecule has 1 fully saturated rings. The summed E-state index contributed by atoms with van der Waals surface area (Å²) in [5.41, 5.74) is 4.61. The molecule has 0 amide bonds. The van der Waals surface area contributed by atoms with Crippen LogP contribution in [0.5, 0.6) is 11.5 Å². The molecule has 162 valence electrons. The summed E-state index contributed by atoms with van der Waals surface area (Å²) in [5.74, 6) is 3.01. The molecule has 6 heteroatoms. The molecule has 0 spiro atoms. The van der Waals surface area contributed by atoms with E-state index in [0.29, 0.717) is 25.6 Å². The molecule has 1 heterocycles. The summed E-state index contributed by atoms with van der Waals surface area (Å²) in [6.45, 7) is 7.77. The van der Waals surface area contributed by atoms with Crippen molar-refractivity contribution in [1.29, 1.82) is 0 Å². The number of hydrogen-bond acceptors (Lipinski definition) is 4. The SMILES string of the molecule is CN=C(NCc1cc(C)cc(OC)c1)NCc1ccc(C)cc1OCC1CCOC1. The number of guanidine groups is 1. The van der Waals surface area contributed by atoms with Crippen molar-refractivity contribution in [3.8, 4) is 11.5 Å². The highest BCUT2D eigenvalue weighted by Crippen LogP contribution is 2.23. The second-order valence-corrected chi connectivity index (χ2v) is 7.79. The van der Waals surface area contributed by atoms with Gasteiger partial charge in [0.05, 0.1) is 20.3 Å². The minimum Gasteiger partial charge on any atom is -0.497 e. The predicted octanol–water partition coefficient (Wildman–Crippen LogP) is 3.59. The molecule has 1 saturated heterocycles. The van der Waals surface area contributed by atoms with Crippen molar-refractivity contribution in [2.75, 3.05) is 34.0 Å². The van der Waals surface area contributed by atoms with Crippen molar-refractivity contribution in [2.45, 2.75) is 33.4 Å². The second-order valence-electron chi connectivity index (χ2n) is 7.79. The smallest absolute Gasteiger partial charge is 0.191 e. The van der Waals surface area contributed by atoms with E-state index in [0.717, 1.165) is 48.2 Å². The molecule has 0 radical (unpaired) electrons. The van der Waals surface area contributed by atoms with Gasteiger partial charge in [-0.15, -0.1) is 0 Å². The quantitative estimate of drug-likeness (QED) is 0.513. The zero-order valence-corrected chi connectivity index (χ0v) is 18.5. The van der Waals surface area contributed by atoms with Crippen molar-refractivity contribution in [3.63, 3.8) is 0 Å². The standard InChI is InChI=1S/C24H33N3O3/c1-17-5-6-21(23(11-17)30-16-19-7-8-29-15-19)14-27-24(25-3)26-13-20-9-18(2)10-22(12-20)28-4/h5-6,9-12,19H,7-8,13-16H2,1-4H3,(H2,25,26,27). The third-order valence-electron chi connectivity index (χ3n) is 5.20. The third-order valence-corrected chi connectivity index (χ3v) is 5.20. The Bertz CT molecular complexity index is 861. The number of aryl methyl sites for hydroxylation is 2. The largest absolute Gasteiger partial charge is 0.497 e. The summed E-state index contributed by atoms with van der Waals surface area (Å²) >= 11 is 0. The van der Waals surface area contributed by atoms with E-state index in [1.165, 1.54) is 11.1 Å². The molecule has 1 atom stereocenters. The Kier molecular flexibility index (Phi) is 7.97. The van der Waals surface area contributed by atoms with E-state index in [1.54, 1.807) is 14.2 Å². The van der Waals surface area contributed by atoms with Crippen LogP contribution >= 0.6 is 0 Å². The average molecular weight is 412 g/mol. The van der Waals surface area contributed by atoms with Gasteiger partial charge in [0, 0.05) is 38.2 Å². The minimum atomic E-state index is 0.479. The number of methoxy groups -OCH3 is 1. The molecule has 2 N–H and O–H groups in total. The summed E-state index contributed by atoms with van der Waals surface area (Å²) < 4.78 is 17.0. The molecular weight excluding hydrogens is 378 g/mol. The Morgan fingerprint density at radius 2 is 1.93 bits per heavy atom. The minimum absolute atomic E-state index is 0.479. The molecule has 2 aromatic rings. The van der Waals surface area contributed by atoms with E-state index in [2.05, 4.69) is 53.7 Å². The normalized spacial score (nSPS) is 16.4. The second kappa shape index (κ2) is 10.9. The van der Waals surface area contributed by atoms with Gasteiger partial charge >= 0.3 is 0 Å². The van der Waals surface area contributed by atoms with Crippen LogP contribution in [0, 0.1) is 19.8 Å². The molecule has 1 unspecified atom stereocenters. The lowest BCUT2D eigenvalue weighted by molar-refractivity contribution is 0.166. The number of benzene rings is 2. The third kappa shape index (κ3) is 6.39. The van der Waals surface area contributed by atoms with Crippen LogP contribution < -0.4 is 20.1 Å². The van der Waals surface area contributed by atoms with Gasteiger partial charge < -0.3 is 24.8 Å². The monoisotopic (exact) mass is 411 g/mol. The van der Waals surface area contributed by atoms with Crippen molar-refractivity contribution in [2.24, 2.45) is 10.9 Å². The van der Waals surface area contributed by atoms with Gasteiger partial charge in [0.15, 0.2) is 5.96 Å². The summed E-state index contributed by atoms with van der Waals surface area (Å²) in [4.78, 5) is 4.35. The van der Waals surface area contributed by atoms with Crippen molar-refractivity contribution >= 4 is 5.96 Å². The number of hydrogen-bond donors (Lipinski definition) is 2. The van der Waals surface area contributed by atoms with E-state index < -0.39 is 0 Å². The first-order valence-corrected chi connectivity index (χ1v) is 10.5. The first kappa shape index (κ1) is 22.0. The van der Waals surface area contributed by atoms with Crippen LogP contribution in [0.15, 0.2) is 41.4 Å². The fourth-order valence-electron chi connectivity index (χ4n) is 3.49. The number of nitrogens with zero attached hydrogens (tertiary/aromatic N) is 1. The molecule has 1 aliphatic rings. The Balaban J connectivity index is 1.57. The van der Waals surface area contributed by atoms with Gasteiger partial charge in [-0.1, -0.05) is 18.2 Å². The lowest BCUT2D eigenvalue weighted by atomic mass is 10.1. The summed E-state index contributed by atoms with van der Waals surface area (Å²) in [6.07, 6.45) is 1.07. The number of nitrogens with one attached hydrogen (secondary N) is 2. The van der Waals surface area contributed by atoms with E-state index in [1.807, 2.05) is 12.1 Å². The van der Waals surface area contributed by atoms with E-state index >= 15 is 0 Å². The molecule has 30 heavy (non-hydrogen) atoms. The van der Waals surface area contributed by atoms with Crippen LogP contribution in [-0.2, 0) is 17.8 Å². The Morgan fingerprint density at radius 3 is 2.67 bits per heavy atom. The van der Waals surface area contributed by atoms with Crippen LogP contribution in [-0.4, -0.2) is 39.9 Å². The summed E-state index contributed by atoms with van der Waals surface area (Å²) in [6, 6.07) is 12.5. The van der Waals surface area contributed by atoms with Crippen molar-refractivity contribution in [3.05, 3.63) is 58.7 Å². The molecule has 6 nitrogen and oxygen atoms in total. The lowest BCUT2D eigenvalue weighted by Crippen LogP contribution is -2.36. The topological polar surface area (TPSA) is 64.1 Å². The molecule has 0 aromatic heterocycles. The van der Waals surface area contributed by atoms with Gasteiger partial charge in [-0.3, -0.25) is 4.99 Å². The molecule has 3 rings (SSSR count). The highest BCUT2D eigenvalue weighted by molar-refractivity contribution is 5.79. The van der Waals surface area contributed by atoms with Gasteiger partial charge in [0.25, 0.3) is 0 Å². The predicted molar refractivity (Wildman–Crippen MR) is 120 cm³/mol. The van der Waals surface area contributed by atoms with Gasteiger partial charge in [-0.25, -0.2) is 0 Å². The Labute approximate surface area is 179 Å². The van der Waals surface area contributed by atoms with E-state index in [4.69, 9.17) is 14.2 Å². The van der Waals surface area contributed by atoms with Crippen molar-refractivity contribution < 1.29 is 14.2 Å². The first-order chi connectivity index (χ1) is 14.6. The lowest BCUT2D eigenvalue weighted by Gasteiger charge is -2.17. The zero-order chi connectivity index (χ0) is 21.3. The zero-order valence-electron chi connectivity index (χ0n) is 18.5. The highest BCUT2D eigenvalue weighted by atomic mass is 16.5. The van der Waals surface area contributed by atoms with Crippen molar-refractivity contribution in [1.82, 2.24) is 10.6 Å². The fourth-order valence-corrected chi connectivity index (χ4v) is 3.49. The van der Waals surface area contributed by atoms with Crippen LogP contribution in [0.2, 0.25) is 0 Å². The molecule has 0 aliphatic carbocycles. The summed E-state index contributed by atoms with van der Waals surface area (Å²) in [5, 5.41) is 6.76. The van der Waals surface area contributed by atoms with Gasteiger partial charge in [-0.2, -0.15) is 0 Å². The molecule has 2 aromatic carbocycles. The van der Waals surface area contributed by atoms with Gasteiger partial charge in [0.2, 0.25) is 0 Å². The maximum absolute atomic E-state index is 6.14. The maximum atomic E-state index is 6.14. The maximum Gasteiger partial charge on any atom is 0.191 e. The van der Waals surface area contributed by atoms with Crippen LogP contribution in [0.4, 0.5) is 0 Å². The molecule has 1 aliphatic heterocycles. The highest BCUT2D eigenvalue weighted by Gasteiger charge is 2.17. The van der Waals surface area contributed by atoms with Gasteiger partial charge in [-0.05, 0) is 55.2 Å². The average Bonchev–Trinajstić information content (AvgIpc) is 3.26. The number of ether oxygens (including phenoxy) is 3. The van der Waals surface area contributed by atoms with Crippen LogP contribution in [0.25, 0.3) is 0 Å². The van der Waals surface area contributed by atoms with Gasteiger partial charge in [0.1, 0.15) is 11.5 Å². The van der Waals surface area contributed by atoms with Crippen LogP contribution in [0.1, 0.15) is 28.7 Å². The van der Waals surface area contributed by atoms with E-state index in [-0.39, 0.29) is 0 Å². The molecule has 0 saturated carbocycles. The van der Waals surface area contributed by atoms with Crippen LogP contribution in [0.3, 0.4) is 0 Å². The first-order valence-electron chi connectivity index (χ1n) is 10.5. The number of aliphatic imine (C=N–C) groups is 1. The van der Waals surface area contributed by atoms with E-state index in [9.17, 15) is 0 Å². The Morgan fingerprint density at radius 1 is 1.10 bits per heavy atom. The summed E-state index contributed by atoms with van der Waals surface area (Å²) in [7, 11) is 3.46.